The second-order valence-electron chi connectivity index (χ2n) is 6.21. The zero-order chi connectivity index (χ0) is 17.4. The van der Waals surface area contributed by atoms with Crippen molar-refractivity contribution in [2.24, 2.45) is 0 Å². The molecule has 1 fully saturated rings. The van der Waals surface area contributed by atoms with Crippen LogP contribution < -0.4 is 10.1 Å². The van der Waals surface area contributed by atoms with Gasteiger partial charge in [0.05, 0.1) is 17.6 Å². The minimum Gasteiger partial charge on any atom is -0.497 e. The van der Waals surface area contributed by atoms with E-state index in [0.717, 1.165) is 29.5 Å². The highest BCUT2D eigenvalue weighted by Gasteiger charge is 2.24. The van der Waals surface area contributed by atoms with Gasteiger partial charge in [-0.15, -0.1) is 0 Å². The Bertz CT molecular complexity index is 943. The smallest absolute Gasteiger partial charge is 0.141 e. The lowest BCUT2D eigenvalue weighted by atomic mass is 9.78. The van der Waals surface area contributed by atoms with Gasteiger partial charge < -0.3 is 10.1 Å². The molecule has 3 aromatic rings. The van der Waals surface area contributed by atoms with Crippen LogP contribution in [0.25, 0.3) is 10.9 Å². The number of nitrogens with zero attached hydrogens (tertiary/aromatic N) is 2. The molecule has 0 saturated heterocycles. The molecule has 0 atom stereocenters. The van der Waals surface area contributed by atoms with Crippen LogP contribution in [0.1, 0.15) is 30.7 Å². The molecule has 25 heavy (non-hydrogen) atoms. The molecule has 4 rings (SSSR count). The fourth-order valence-electron chi connectivity index (χ4n) is 3.16. The topological polar surface area (TPSA) is 47.0 Å². The first-order chi connectivity index (χ1) is 12.2. The standard InChI is InChI=1S/C19H17ClFN3O/c1-25-13-8-14(11-3-2-4-11)18-17(9-13)22-10-23-19(18)24-12-5-6-16(21)15(20)7-12/h5-11H,2-4H2,1H3,(H,22,23,24). The zero-order valence-electron chi connectivity index (χ0n) is 13.7. The molecule has 6 heteroatoms. The van der Waals surface area contributed by atoms with Crippen molar-refractivity contribution in [2.45, 2.75) is 25.2 Å². The monoisotopic (exact) mass is 357 g/mol. The number of halogens is 2. The van der Waals surface area contributed by atoms with E-state index in [2.05, 4.69) is 21.4 Å². The van der Waals surface area contributed by atoms with Crippen molar-refractivity contribution in [2.75, 3.05) is 12.4 Å². The molecular weight excluding hydrogens is 341 g/mol. The normalized spacial score (nSPS) is 14.4. The molecule has 1 heterocycles. The van der Waals surface area contributed by atoms with E-state index < -0.39 is 5.82 Å². The quantitative estimate of drug-likeness (QED) is 0.675. The predicted molar refractivity (Wildman–Crippen MR) is 97.4 cm³/mol. The van der Waals surface area contributed by atoms with Crippen molar-refractivity contribution in [3.63, 3.8) is 0 Å². The van der Waals surface area contributed by atoms with Gasteiger partial charge in [0.2, 0.25) is 0 Å². The molecule has 4 nitrogen and oxygen atoms in total. The van der Waals surface area contributed by atoms with Gasteiger partial charge >= 0.3 is 0 Å². The molecule has 2 aromatic carbocycles. The first-order valence-corrected chi connectivity index (χ1v) is 8.58. The summed E-state index contributed by atoms with van der Waals surface area (Å²) in [5, 5.41) is 4.31. The van der Waals surface area contributed by atoms with Crippen LogP contribution in [0.4, 0.5) is 15.9 Å². The molecule has 0 amide bonds. The van der Waals surface area contributed by atoms with Crippen LogP contribution in [-0.4, -0.2) is 17.1 Å². The average molecular weight is 358 g/mol. The van der Waals surface area contributed by atoms with E-state index in [4.69, 9.17) is 16.3 Å². The van der Waals surface area contributed by atoms with Crippen molar-refractivity contribution < 1.29 is 9.13 Å². The lowest BCUT2D eigenvalue weighted by molar-refractivity contribution is 0.404. The van der Waals surface area contributed by atoms with E-state index >= 15 is 0 Å². The Kier molecular flexibility index (Phi) is 4.17. The first-order valence-electron chi connectivity index (χ1n) is 8.20. The Labute approximate surface area is 150 Å². The van der Waals surface area contributed by atoms with E-state index in [0.29, 0.717) is 17.4 Å². The number of hydrogen-bond acceptors (Lipinski definition) is 4. The molecule has 1 saturated carbocycles. The largest absolute Gasteiger partial charge is 0.497 e. The van der Waals surface area contributed by atoms with Crippen molar-refractivity contribution >= 4 is 34.0 Å². The van der Waals surface area contributed by atoms with Crippen LogP contribution in [0, 0.1) is 5.82 Å². The third-order valence-corrected chi connectivity index (χ3v) is 4.99. The maximum atomic E-state index is 13.4. The van der Waals surface area contributed by atoms with Crippen molar-refractivity contribution in [3.05, 3.63) is 53.1 Å². The first kappa shape index (κ1) is 16.1. The van der Waals surface area contributed by atoms with Crippen LogP contribution in [0.3, 0.4) is 0 Å². The van der Waals surface area contributed by atoms with Crippen molar-refractivity contribution in [1.82, 2.24) is 9.97 Å². The van der Waals surface area contributed by atoms with Crippen LogP contribution >= 0.6 is 11.6 Å². The third kappa shape index (κ3) is 3.00. The number of aromatic nitrogens is 2. The highest BCUT2D eigenvalue weighted by Crippen LogP contribution is 2.43. The Morgan fingerprint density at radius 1 is 1.20 bits per heavy atom. The van der Waals surface area contributed by atoms with Crippen LogP contribution in [0.5, 0.6) is 5.75 Å². The molecule has 1 aromatic heterocycles. The Morgan fingerprint density at radius 2 is 2.04 bits per heavy atom. The second-order valence-corrected chi connectivity index (χ2v) is 6.62. The second kappa shape index (κ2) is 6.48. The Balaban J connectivity index is 1.84. The molecule has 0 unspecified atom stereocenters. The molecule has 1 aliphatic carbocycles. The fourth-order valence-corrected chi connectivity index (χ4v) is 3.34. The number of benzene rings is 2. The molecule has 1 aliphatic rings. The maximum Gasteiger partial charge on any atom is 0.141 e. The van der Waals surface area contributed by atoms with Crippen molar-refractivity contribution in [3.8, 4) is 5.75 Å². The Morgan fingerprint density at radius 3 is 2.72 bits per heavy atom. The highest BCUT2D eigenvalue weighted by molar-refractivity contribution is 6.31. The molecule has 0 radical (unpaired) electrons. The highest BCUT2D eigenvalue weighted by atomic mass is 35.5. The number of fused-ring (bicyclic) bond motifs is 1. The number of rotatable bonds is 4. The SMILES string of the molecule is COc1cc(C2CCC2)c2c(Nc3ccc(F)c(Cl)c3)ncnc2c1. The summed E-state index contributed by atoms with van der Waals surface area (Å²) in [7, 11) is 1.66. The zero-order valence-corrected chi connectivity index (χ0v) is 14.5. The van der Waals surface area contributed by atoms with Gasteiger partial charge in [0, 0.05) is 17.1 Å². The summed E-state index contributed by atoms with van der Waals surface area (Å²) in [5.41, 5.74) is 2.70. The predicted octanol–water partition coefficient (Wildman–Crippen LogP) is 5.44. The number of hydrogen-bond donors (Lipinski definition) is 1. The van der Waals surface area contributed by atoms with Crippen LogP contribution in [0.15, 0.2) is 36.7 Å². The van der Waals surface area contributed by atoms with E-state index in [1.54, 1.807) is 19.2 Å². The summed E-state index contributed by atoms with van der Waals surface area (Å²) >= 11 is 5.89. The lowest BCUT2D eigenvalue weighted by Crippen LogP contribution is -2.11. The average Bonchev–Trinajstić information content (AvgIpc) is 2.56. The molecule has 0 aliphatic heterocycles. The summed E-state index contributed by atoms with van der Waals surface area (Å²) in [6, 6.07) is 8.50. The summed E-state index contributed by atoms with van der Waals surface area (Å²) in [6.45, 7) is 0. The van der Waals surface area contributed by atoms with Gasteiger partial charge in [-0.25, -0.2) is 14.4 Å². The van der Waals surface area contributed by atoms with Gasteiger partial charge in [0.1, 0.15) is 23.7 Å². The van der Waals surface area contributed by atoms with Gasteiger partial charge in [-0.1, -0.05) is 18.0 Å². The van der Waals surface area contributed by atoms with Gasteiger partial charge in [0.25, 0.3) is 0 Å². The van der Waals surface area contributed by atoms with E-state index in [1.165, 1.54) is 24.4 Å². The minimum atomic E-state index is -0.445. The minimum absolute atomic E-state index is 0.0734. The summed E-state index contributed by atoms with van der Waals surface area (Å²) in [6.07, 6.45) is 5.05. The van der Waals surface area contributed by atoms with Gasteiger partial charge in [0.15, 0.2) is 0 Å². The Hall–Kier alpha value is -2.40. The molecular formula is C19H17ClFN3O. The van der Waals surface area contributed by atoms with E-state index in [-0.39, 0.29) is 5.02 Å². The maximum absolute atomic E-state index is 13.4. The summed E-state index contributed by atoms with van der Waals surface area (Å²) in [4.78, 5) is 8.82. The number of anilines is 2. The fraction of sp³-hybridized carbons (Fsp3) is 0.263. The number of nitrogens with one attached hydrogen (secondary N) is 1. The van der Waals surface area contributed by atoms with E-state index in [9.17, 15) is 4.39 Å². The van der Waals surface area contributed by atoms with Gasteiger partial charge in [-0.2, -0.15) is 0 Å². The summed E-state index contributed by atoms with van der Waals surface area (Å²) < 4.78 is 18.8. The molecule has 0 spiro atoms. The number of ether oxygens (including phenoxy) is 1. The van der Waals surface area contributed by atoms with Gasteiger partial charge in [-0.3, -0.25) is 0 Å². The summed E-state index contributed by atoms with van der Waals surface area (Å²) in [5.74, 6) is 1.53. The third-order valence-electron chi connectivity index (χ3n) is 4.71. The van der Waals surface area contributed by atoms with Crippen molar-refractivity contribution in [1.29, 1.82) is 0 Å². The lowest BCUT2D eigenvalue weighted by Gasteiger charge is -2.28. The van der Waals surface area contributed by atoms with Gasteiger partial charge in [-0.05, 0) is 48.6 Å². The van der Waals surface area contributed by atoms with Crippen LogP contribution in [0.2, 0.25) is 5.02 Å². The van der Waals surface area contributed by atoms with Crippen LogP contribution in [-0.2, 0) is 0 Å². The molecule has 0 bridgehead atoms. The van der Waals surface area contributed by atoms with E-state index in [1.807, 2.05) is 6.07 Å². The molecule has 1 N–H and O–H groups in total. The number of methoxy groups -OCH3 is 1. The molecule has 128 valence electrons.